The Morgan fingerprint density at radius 3 is 3.11 bits per heavy atom. The summed E-state index contributed by atoms with van der Waals surface area (Å²) in [6.45, 7) is 2.23. The second-order valence-electron chi connectivity index (χ2n) is 4.86. The fourth-order valence-electron chi connectivity index (χ4n) is 2.50. The van der Waals surface area contributed by atoms with E-state index >= 15 is 0 Å². The van der Waals surface area contributed by atoms with E-state index in [0.717, 1.165) is 5.52 Å². The van der Waals surface area contributed by atoms with Crippen molar-refractivity contribution in [3.05, 3.63) is 42.1 Å². The first-order chi connectivity index (χ1) is 8.88. The lowest BCUT2D eigenvalue weighted by atomic mass is 10.00. The van der Waals surface area contributed by atoms with Crippen LogP contribution in [-0.2, 0) is 0 Å². The molecule has 0 amide bonds. The lowest BCUT2D eigenvalue weighted by Gasteiger charge is -2.23. The van der Waals surface area contributed by atoms with Crippen LogP contribution in [0.15, 0.2) is 36.5 Å². The van der Waals surface area contributed by atoms with Gasteiger partial charge in [0, 0.05) is 17.6 Å². The molecular formula is C16H18N2. The minimum atomic E-state index is 0.449. The first-order valence-corrected chi connectivity index (χ1v) is 6.71. The minimum absolute atomic E-state index is 0.449. The Balaban J connectivity index is 1.99. The number of benzene rings is 1. The van der Waals surface area contributed by atoms with Gasteiger partial charge in [-0.3, -0.25) is 4.98 Å². The van der Waals surface area contributed by atoms with E-state index in [0.29, 0.717) is 6.04 Å². The Morgan fingerprint density at radius 2 is 2.22 bits per heavy atom. The van der Waals surface area contributed by atoms with Crippen LogP contribution in [0.5, 0.6) is 0 Å². The van der Waals surface area contributed by atoms with E-state index in [1.165, 1.54) is 35.9 Å². The first kappa shape index (κ1) is 11.3. The quantitative estimate of drug-likeness (QED) is 0.865. The maximum absolute atomic E-state index is 4.51. The summed E-state index contributed by atoms with van der Waals surface area (Å²) >= 11 is 0. The Morgan fingerprint density at radius 1 is 1.28 bits per heavy atom. The van der Waals surface area contributed by atoms with E-state index in [2.05, 4.69) is 47.6 Å². The molecule has 0 saturated heterocycles. The van der Waals surface area contributed by atoms with Gasteiger partial charge in [0.1, 0.15) is 0 Å². The number of rotatable bonds is 3. The molecule has 1 atom stereocenters. The van der Waals surface area contributed by atoms with Crippen molar-refractivity contribution < 1.29 is 0 Å². The molecule has 0 saturated carbocycles. The molecule has 2 heteroatoms. The number of nitrogens with zero attached hydrogens (tertiary/aromatic N) is 1. The van der Waals surface area contributed by atoms with Crippen LogP contribution in [-0.4, -0.2) is 11.0 Å². The van der Waals surface area contributed by atoms with Crippen LogP contribution in [0, 0.1) is 0 Å². The molecule has 2 nitrogen and oxygen atoms in total. The van der Waals surface area contributed by atoms with E-state index in [-0.39, 0.29) is 0 Å². The molecule has 0 bridgehead atoms. The largest absolute Gasteiger partial charge is 0.377 e. The summed E-state index contributed by atoms with van der Waals surface area (Å²) in [6, 6.07) is 8.86. The lowest BCUT2D eigenvalue weighted by molar-refractivity contribution is 0.680. The van der Waals surface area contributed by atoms with E-state index in [9.17, 15) is 0 Å². The molecule has 0 aliphatic carbocycles. The van der Waals surface area contributed by atoms with Gasteiger partial charge in [0.05, 0.1) is 11.2 Å². The predicted molar refractivity (Wildman–Crippen MR) is 77.7 cm³/mol. The highest BCUT2D eigenvalue weighted by Crippen LogP contribution is 2.31. The average molecular weight is 238 g/mol. The molecule has 1 aliphatic heterocycles. The third kappa shape index (κ3) is 1.99. The van der Waals surface area contributed by atoms with Gasteiger partial charge in [-0.1, -0.05) is 50.1 Å². The maximum atomic E-state index is 4.51. The Bertz CT molecular complexity index is 587. The van der Waals surface area contributed by atoms with Crippen molar-refractivity contribution >= 4 is 22.7 Å². The second kappa shape index (κ2) is 4.81. The van der Waals surface area contributed by atoms with Crippen molar-refractivity contribution in [2.75, 3.05) is 5.32 Å². The highest BCUT2D eigenvalue weighted by Gasteiger charge is 2.15. The third-order valence-electron chi connectivity index (χ3n) is 3.51. The molecule has 1 aromatic heterocycles. The van der Waals surface area contributed by atoms with Gasteiger partial charge >= 0.3 is 0 Å². The Hall–Kier alpha value is -1.83. The zero-order valence-corrected chi connectivity index (χ0v) is 10.7. The molecule has 18 heavy (non-hydrogen) atoms. The average Bonchev–Trinajstić information content (AvgIpc) is 2.45. The van der Waals surface area contributed by atoms with E-state index in [1.54, 1.807) is 0 Å². The number of hydrogen-bond donors (Lipinski definition) is 1. The molecule has 1 aliphatic rings. The maximum Gasteiger partial charge on any atom is 0.0939 e. The Labute approximate surface area is 108 Å². The van der Waals surface area contributed by atoms with Crippen molar-refractivity contribution in [2.45, 2.75) is 32.2 Å². The van der Waals surface area contributed by atoms with Crippen LogP contribution in [0.3, 0.4) is 0 Å². The van der Waals surface area contributed by atoms with E-state index < -0.39 is 0 Å². The zero-order chi connectivity index (χ0) is 12.4. The summed E-state index contributed by atoms with van der Waals surface area (Å²) in [5.74, 6) is 0. The normalized spacial score (nSPS) is 17.5. The molecule has 92 valence electrons. The van der Waals surface area contributed by atoms with Crippen LogP contribution < -0.4 is 5.32 Å². The van der Waals surface area contributed by atoms with Gasteiger partial charge in [0.15, 0.2) is 0 Å². The van der Waals surface area contributed by atoms with E-state index in [1.807, 2.05) is 12.3 Å². The highest BCUT2D eigenvalue weighted by atomic mass is 14.9. The fourth-order valence-corrected chi connectivity index (χ4v) is 2.50. The standard InChI is InChI=1S/C16H18N2/c1-2-3-6-14-10-9-13-8-7-12-5-4-11-17-15(12)16(13)18-14/h4-5,7-11,14,18H,2-3,6H2,1H3. The smallest absolute Gasteiger partial charge is 0.0939 e. The molecule has 2 heterocycles. The van der Waals surface area contributed by atoms with Gasteiger partial charge in [0.2, 0.25) is 0 Å². The van der Waals surface area contributed by atoms with Gasteiger partial charge in [-0.05, 0) is 18.1 Å². The number of nitrogens with one attached hydrogen (secondary N) is 1. The van der Waals surface area contributed by atoms with Crippen LogP contribution in [0.25, 0.3) is 17.0 Å². The Kier molecular flexibility index (Phi) is 3.01. The van der Waals surface area contributed by atoms with Crippen LogP contribution in [0.4, 0.5) is 5.69 Å². The van der Waals surface area contributed by atoms with Crippen molar-refractivity contribution in [1.82, 2.24) is 4.98 Å². The number of hydrogen-bond acceptors (Lipinski definition) is 2. The van der Waals surface area contributed by atoms with Crippen molar-refractivity contribution in [2.24, 2.45) is 0 Å². The number of unbranched alkanes of at least 4 members (excludes halogenated alkanes) is 1. The van der Waals surface area contributed by atoms with Crippen LogP contribution in [0.2, 0.25) is 0 Å². The monoisotopic (exact) mass is 238 g/mol. The van der Waals surface area contributed by atoms with Crippen molar-refractivity contribution in [3.63, 3.8) is 0 Å². The molecule has 2 aromatic rings. The fraction of sp³-hybridized carbons (Fsp3) is 0.312. The zero-order valence-electron chi connectivity index (χ0n) is 10.7. The number of aromatic nitrogens is 1. The number of fused-ring (bicyclic) bond motifs is 3. The van der Waals surface area contributed by atoms with Gasteiger partial charge in [0.25, 0.3) is 0 Å². The van der Waals surface area contributed by atoms with Crippen molar-refractivity contribution in [3.8, 4) is 0 Å². The molecule has 0 radical (unpaired) electrons. The summed E-state index contributed by atoms with van der Waals surface area (Å²) in [5.41, 5.74) is 3.52. The third-order valence-corrected chi connectivity index (χ3v) is 3.51. The van der Waals surface area contributed by atoms with E-state index in [4.69, 9.17) is 0 Å². The molecule has 1 unspecified atom stereocenters. The first-order valence-electron chi connectivity index (χ1n) is 6.71. The van der Waals surface area contributed by atoms with Gasteiger partial charge in [-0.2, -0.15) is 0 Å². The van der Waals surface area contributed by atoms with Crippen molar-refractivity contribution in [1.29, 1.82) is 0 Å². The predicted octanol–water partition coefficient (Wildman–Crippen LogP) is 4.23. The van der Waals surface area contributed by atoms with Crippen LogP contribution in [0.1, 0.15) is 31.7 Å². The van der Waals surface area contributed by atoms with Gasteiger partial charge in [-0.15, -0.1) is 0 Å². The number of anilines is 1. The number of pyridine rings is 1. The van der Waals surface area contributed by atoms with Crippen LogP contribution >= 0.6 is 0 Å². The summed E-state index contributed by atoms with van der Waals surface area (Å²) in [6.07, 6.45) is 10.1. The lowest BCUT2D eigenvalue weighted by Crippen LogP contribution is -2.20. The molecule has 3 rings (SSSR count). The molecule has 0 spiro atoms. The summed E-state index contributed by atoms with van der Waals surface area (Å²) in [4.78, 5) is 4.51. The van der Waals surface area contributed by atoms with Gasteiger partial charge in [-0.25, -0.2) is 0 Å². The molecule has 0 fully saturated rings. The summed E-state index contributed by atoms with van der Waals surface area (Å²) in [5, 5.41) is 4.83. The molecule has 1 N–H and O–H groups in total. The summed E-state index contributed by atoms with van der Waals surface area (Å²) < 4.78 is 0. The molecule has 1 aromatic carbocycles. The highest BCUT2D eigenvalue weighted by molar-refractivity contribution is 5.96. The second-order valence-corrected chi connectivity index (χ2v) is 4.86. The topological polar surface area (TPSA) is 24.9 Å². The SMILES string of the molecule is CCCCC1C=Cc2ccc3cccnc3c2N1. The van der Waals surface area contributed by atoms with Gasteiger partial charge < -0.3 is 5.32 Å². The summed E-state index contributed by atoms with van der Waals surface area (Å²) in [7, 11) is 0. The minimum Gasteiger partial charge on any atom is -0.377 e. The molecular weight excluding hydrogens is 220 g/mol.